The van der Waals surface area contributed by atoms with Crippen molar-refractivity contribution in [2.24, 2.45) is 11.5 Å². The predicted molar refractivity (Wildman–Crippen MR) is 66.2 cm³/mol. The van der Waals surface area contributed by atoms with E-state index in [-0.39, 0.29) is 18.2 Å². The Balaban J connectivity index is 2.62. The molecule has 0 aliphatic rings. The minimum Gasteiger partial charge on any atom is -0.369 e. The molecule has 5 heteroatoms. The molecular formula is C12H17N3O2. The van der Waals surface area contributed by atoms with Gasteiger partial charge in [0.15, 0.2) is 0 Å². The standard InChI is InChI=1S/C12H17N3O2/c1-2-10(13)12(17)15-9-5-3-8(4-6-9)7-11(14)16/h3-6,10H,2,7,13H2,1H3,(H2,14,16)(H,15,17)/t10-/m1/s1. The highest BCUT2D eigenvalue weighted by atomic mass is 16.2. The van der Waals surface area contributed by atoms with Gasteiger partial charge in [0.2, 0.25) is 11.8 Å². The van der Waals surface area contributed by atoms with E-state index >= 15 is 0 Å². The van der Waals surface area contributed by atoms with Gasteiger partial charge in [0, 0.05) is 5.69 Å². The van der Waals surface area contributed by atoms with Crippen molar-refractivity contribution in [3.05, 3.63) is 29.8 Å². The number of carbonyl (C=O) groups is 2. The number of nitrogens with two attached hydrogens (primary N) is 2. The molecule has 2 amide bonds. The Morgan fingerprint density at radius 3 is 2.35 bits per heavy atom. The van der Waals surface area contributed by atoms with E-state index in [0.717, 1.165) is 5.56 Å². The van der Waals surface area contributed by atoms with Crippen molar-refractivity contribution in [2.75, 3.05) is 5.32 Å². The van der Waals surface area contributed by atoms with Gasteiger partial charge in [-0.2, -0.15) is 0 Å². The number of hydrogen-bond acceptors (Lipinski definition) is 3. The Morgan fingerprint density at radius 2 is 1.88 bits per heavy atom. The number of benzene rings is 1. The van der Waals surface area contributed by atoms with E-state index in [1.165, 1.54) is 0 Å². The van der Waals surface area contributed by atoms with Gasteiger partial charge in [-0.3, -0.25) is 9.59 Å². The van der Waals surface area contributed by atoms with E-state index < -0.39 is 6.04 Å². The molecule has 0 aliphatic heterocycles. The highest BCUT2D eigenvalue weighted by molar-refractivity contribution is 5.94. The number of hydrogen-bond donors (Lipinski definition) is 3. The summed E-state index contributed by atoms with van der Waals surface area (Å²) in [7, 11) is 0. The quantitative estimate of drug-likeness (QED) is 0.688. The van der Waals surface area contributed by atoms with Crippen molar-refractivity contribution < 1.29 is 9.59 Å². The molecule has 1 aromatic rings. The van der Waals surface area contributed by atoms with Gasteiger partial charge in [-0.05, 0) is 24.1 Å². The average Bonchev–Trinajstić information content (AvgIpc) is 2.30. The van der Waals surface area contributed by atoms with Gasteiger partial charge in [0.25, 0.3) is 0 Å². The second kappa shape index (κ2) is 6.00. The Hall–Kier alpha value is -1.88. The van der Waals surface area contributed by atoms with Crippen molar-refractivity contribution in [1.29, 1.82) is 0 Å². The smallest absolute Gasteiger partial charge is 0.241 e. The van der Waals surface area contributed by atoms with E-state index in [9.17, 15) is 9.59 Å². The first-order valence-electron chi connectivity index (χ1n) is 5.46. The van der Waals surface area contributed by atoms with Crippen LogP contribution in [0.25, 0.3) is 0 Å². The van der Waals surface area contributed by atoms with Crippen LogP contribution in [0.1, 0.15) is 18.9 Å². The fourth-order valence-electron chi connectivity index (χ4n) is 1.33. The number of amides is 2. The van der Waals surface area contributed by atoms with Crippen LogP contribution in [0.4, 0.5) is 5.69 Å². The topological polar surface area (TPSA) is 98.2 Å². The molecule has 5 N–H and O–H groups in total. The maximum atomic E-state index is 11.5. The van der Waals surface area contributed by atoms with Crippen LogP contribution in [0, 0.1) is 0 Å². The molecule has 0 bridgehead atoms. The molecule has 0 saturated heterocycles. The summed E-state index contributed by atoms with van der Waals surface area (Å²) in [4.78, 5) is 22.2. The molecule has 92 valence electrons. The Kier molecular flexibility index (Phi) is 4.66. The summed E-state index contributed by atoms with van der Waals surface area (Å²) in [5, 5.41) is 2.69. The third kappa shape index (κ3) is 4.24. The molecule has 0 saturated carbocycles. The first-order chi connectivity index (χ1) is 8.02. The largest absolute Gasteiger partial charge is 0.369 e. The third-order valence-corrected chi connectivity index (χ3v) is 2.38. The molecule has 0 aromatic heterocycles. The normalized spacial score (nSPS) is 11.9. The number of nitrogens with one attached hydrogen (secondary N) is 1. The number of anilines is 1. The lowest BCUT2D eigenvalue weighted by molar-refractivity contribution is -0.118. The fourth-order valence-corrected chi connectivity index (χ4v) is 1.33. The van der Waals surface area contributed by atoms with Crippen LogP contribution < -0.4 is 16.8 Å². The van der Waals surface area contributed by atoms with Gasteiger partial charge in [0.1, 0.15) is 0 Å². The maximum Gasteiger partial charge on any atom is 0.241 e. The molecule has 1 rings (SSSR count). The summed E-state index contributed by atoms with van der Waals surface area (Å²) >= 11 is 0. The van der Waals surface area contributed by atoms with E-state index in [1.807, 2.05) is 6.92 Å². The van der Waals surface area contributed by atoms with Gasteiger partial charge in [-0.25, -0.2) is 0 Å². The Morgan fingerprint density at radius 1 is 1.29 bits per heavy atom. The first-order valence-corrected chi connectivity index (χ1v) is 5.46. The van der Waals surface area contributed by atoms with Crippen LogP contribution in [0.3, 0.4) is 0 Å². The second-order valence-corrected chi connectivity index (χ2v) is 3.84. The Labute approximate surface area is 100 Å². The molecule has 17 heavy (non-hydrogen) atoms. The summed E-state index contributed by atoms with van der Waals surface area (Å²) in [5.74, 6) is -0.593. The van der Waals surface area contributed by atoms with E-state index in [4.69, 9.17) is 11.5 Å². The monoisotopic (exact) mass is 235 g/mol. The number of carbonyl (C=O) groups excluding carboxylic acids is 2. The molecule has 1 aromatic carbocycles. The van der Waals surface area contributed by atoms with Gasteiger partial charge < -0.3 is 16.8 Å². The van der Waals surface area contributed by atoms with Gasteiger partial charge >= 0.3 is 0 Å². The van der Waals surface area contributed by atoms with Crippen LogP contribution in [0.15, 0.2) is 24.3 Å². The lowest BCUT2D eigenvalue weighted by atomic mass is 10.1. The SMILES string of the molecule is CC[C@@H](N)C(=O)Nc1ccc(CC(N)=O)cc1. The highest BCUT2D eigenvalue weighted by Crippen LogP contribution is 2.10. The zero-order valence-corrected chi connectivity index (χ0v) is 9.77. The van der Waals surface area contributed by atoms with E-state index in [1.54, 1.807) is 24.3 Å². The molecular weight excluding hydrogens is 218 g/mol. The summed E-state index contributed by atoms with van der Waals surface area (Å²) in [5.41, 5.74) is 12.1. The second-order valence-electron chi connectivity index (χ2n) is 3.84. The molecule has 0 spiro atoms. The Bertz CT molecular complexity index is 401. The molecule has 0 aliphatic carbocycles. The summed E-state index contributed by atoms with van der Waals surface area (Å²) in [6.45, 7) is 1.85. The van der Waals surface area contributed by atoms with Crippen molar-refractivity contribution in [2.45, 2.75) is 25.8 Å². The minimum absolute atomic E-state index is 0.197. The summed E-state index contributed by atoms with van der Waals surface area (Å²) in [6, 6.07) is 6.44. The van der Waals surface area contributed by atoms with Gasteiger partial charge in [-0.1, -0.05) is 19.1 Å². The van der Waals surface area contributed by atoms with Crippen molar-refractivity contribution >= 4 is 17.5 Å². The number of primary amides is 1. The van der Waals surface area contributed by atoms with E-state index in [2.05, 4.69) is 5.32 Å². The zero-order valence-electron chi connectivity index (χ0n) is 9.77. The molecule has 1 atom stereocenters. The van der Waals surface area contributed by atoms with E-state index in [0.29, 0.717) is 12.1 Å². The maximum absolute atomic E-state index is 11.5. The average molecular weight is 235 g/mol. The van der Waals surface area contributed by atoms with Crippen LogP contribution in [-0.2, 0) is 16.0 Å². The minimum atomic E-state index is -0.500. The van der Waals surface area contributed by atoms with Crippen LogP contribution >= 0.6 is 0 Å². The third-order valence-electron chi connectivity index (χ3n) is 2.38. The van der Waals surface area contributed by atoms with Crippen LogP contribution in [0.2, 0.25) is 0 Å². The van der Waals surface area contributed by atoms with Crippen LogP contribution in [0.5, 0.6) is 0 Å². The first kappa shape index (κ1) is 13.2. The van der Waals surface area contributed by atoms with Crippen molar-refractivity contribution in [3.8, 4) is 0 Å². The van der Waals surface area contributed by atoms with Crippen LogP contribution in [-0.4, -0.2) is 17.9 Å². The molecule has 0 unspecified atom stereocenters. The number of rotatable bonds is 5. The molecule has 0 heterocycles. The van der Waals surface area contributed by atoms with Crippen molar-refractivity contribution in [3.63, 3.8) is 0 Å². The molecule has 0 radical (unpaired) electrons. The van der Waals surface area contributed by atoms with Gasteiger partial charge in [0.05, 0.1) is 12.5 Å². The highest BCUT2D eigenvalue weighted by Gasteiger charge is 2.10. The molecule has 0 fully saturated rings. The fraction of sp³-hybridized carbons (Fsp3) is 0.333. The predicted octanol–water partition coefficient (Wildman–Crippen LogP) is 0.390. The lowest BCUT2D eigenvalue weighted by Gasteiger charge is -2.10. The summed E-state index contributed by atoms with van der Waals surface area (Å²) < 4.78 is 0. The lowest BCUT2D eigenvalue weighted by Crippen LogP contribution is -2.34. The van der Waals surface area contributed by atoms with Gasteiger partial charge in [-0.15, -0.1) is 0 Å². The van der Waals surface area contributed by atoms with Crippen molar-refractivity contribution in [1.82, 2.24) is 0 Å². The zero-order chi connectivity index (χ0) is 12.8. The molecule has 5 nitrogen and oxygen atoms in total. The summed E-state index contributed by atoms with van der Waals surface area (Å²) in [6.07, 6.45) is 0.786.